The molecule has 0 bridgehead atoms. The van der Waals surface area contributed by atoms with Crippen molar-refractivity contribution in [2.45, 2.75) is 19.4 Å². The lowest BCUT2D eigenvalue weighted by Crippen LogP contribution is -2.13. The molecule has 0 aliphatic rings. The first-order chi connectivity index (χ1) is 10.2. The minimum Gasteiger partial charge on any atom is -0.496 e. The average molecular weight is 350 g/mol. The van der Waals surface area contributed by atoms with Crippen molar-refractivity contribution in [2.75, 3.05) is 13.7 Å². The molecule has 0 saturated heterocycles. The number of benzene rings is 2. The second-order valence-corrected chi connectivity index (χ2v) is 5.70. The lowest BCUT2D eigenvalue weighted by molar-refractivity contribution is 0.317. The van der Waals surface area contributed by atoms with Crippen molar-refractivity contribution < 1.29 is 9.47 Å². The first-order valence-electron chi connectivity index (χ1n) is 6.97. The molecule has 112 valence electrons. The molecule has 2 N–H and O–H groups in total. The van der Waals surface area contributed by atoms with Crippen LogP contribution in [0, 0.1) is 0 Å². The topological polar surface area (TPSA) is 44.5 Å². The van der Waals surface area contributed by atoms with Crippen molar-refractivity contribution in [3.8, 4) is 11.5 Å². The minimum absolute atomic E-state index is 0.228. The number of nitrogens with two attached hydrogens (primary N) is 1. The Kier molecular flexibility index (Phi) is 5.65. The molecule has 1 atom stereocenters. The Balaban J connectivity index is 2.21. The molecule has 2 aromatic rings. The van der Waals surface area contributed by atoms with Gasteiger partial charge >= 0.3 is 0 Å². The van der Waals surface area contributed by atoms with Gasteiger partial charge in [0, 0.05) is 10.0 Å². The van der Waals surface area contributed by atoms with E-state index in [9.17, 15) is 0 Å². The zero-order valence-electron chi connectivity index (χ0n) is 12.3. The minimum atomic E-state index is -0.228. The van der Waals surface area contributed by atoms with Crippen molar-refractivity contribution >= 4 is 15.9 Å². The van der Waals surface area contributed by atoms with E-state index < -0.39 is 0 Å². The molecule has 2 rings (SSSR count). The Morgan fingerprint density at radius 3 is 2.48 bits per heavy atom. The fraction of sp³-hybridized carbons (Fsp3) is 0.294. The number of hydrogen-bond acceptors (Lipinski definition) is 3. The molecule has 2 aromatic carbocycles. The molecule has 0 amide bonds. The maximum absolute atomic E-state index is 6.36. The molecule has 4 heteroatoms. The highest BCUT2D eigenvalue weighted by molar-refractivity contribution is 9.10. The largest absolute Gasteiger partial charge is 0.496 e. The van der Waals surface area contributed by atoms with Crippen LogP contribution in [0.2, 0.25) is 0 Å². The number of hydrogen-bond donors (Lipinski definition) is 1. The van der Waals surface area contributed by atoms with E-state index in [2.05, 4.69) is 22.9 Å². The molecule has 0 fully saturated rings. The van der Waals surface area contributed by atoms with Gasteiger partial charge in [0.2, 0.25) is 0 Å². The van der Waals surface area contributed by atoms with Crippen LogP contribution in [0.1, 0.15) is 30.5 Å². The second-order valence-electron chi connectivity index (χ2n) is 4.78. The van der Waals surface area contributed by atoms with Gasteiger partial charge in [0.1, 0.15) is 11.5 Å². The smallest absolute Gasteiger partial charge is 0.125 e. The third-order valence-electron chi connectivity index (χ3n) is 3.24. The third kappa shape index (κ3) is 3.99. The molecular formula is C17H20BrNO2. The zero-order chi connectivity index (χ0) is 15.2. The summed E-state index contributed by atoms with van der Waals surface area (Å²) < 4.78 is 12.0. The summed E-state index contributed by atoms with van der Waals surface area (Å²) >= 11 is 3.44. The first kappa shape index (κ1) is 15.9. The number of methoxy groups -OCH3 is 1. The second kappa shape index (κ2) is 7.48. The maximum Gasteiger partial charge on any atom is 0.125 e. The highest BCUT2D eigenvalue weighted by Crippen LogP contribution is 2.31. The van der Waals surface area contributed by atoms with Gasteiger partial charge in [-0.2, -0.15) is 0 Å². The Labute approximate surface area is 134 Å². The molecule has 0 radical (unpaired) electrons. The Bertz CT molecular complexity index is 584. The van der Waals surface area contributed by atoms with Crippen LogP contribution in [0.3, 0.4) is 0 Å². The molecule has 0 aromatic heterocycles. The van der Waals surface area contributed by atoms with Gasteiger partial charge in [0.15, 0.2) is 0 Å². The summed E-state index contributed by atoms with van der Waals surface area (Å²) in [5.74, 6) is 1.65. The molecule has 0 heterocycles. The quantitative estimate of drug-likeness (QED) is 0.845. The van der Waals surface area contributed by atoms with E-state index in [-0.39, 0.29) is 6.04 Å². The Morgan fingerprint density at radius 2 is 1.86 bits per heavy atom. The van der Waals surface area contributed by atoms with E-state index in [1.165, 1.54) is 0 Å². The highest BCUT2D eigenvalue weighted by atomic mass is 79.9. The lowest BCUT2D eigenvalue weighted by atomic mass is 9.99. The van der Waals surface area contributed by atoms with Crippen LogP contribution in [0.4, 0.5) is 0 Å². The van der Waals surface area contributed by atoms with Gasteiger partial charge in [-0.25, -0.2) is 0 Å². The SMILES string of the molecule is CCCOc1ccc(C(N)c2ccc(Br)cc2OC)cc1. The molecule has 0 aliphatic carbocycles. The lowest BCUT2D eigenvalue weighted by Gasteiger charge is -2.17. The van der Waals surface area contributed by atoms with Crippen LogP contribution in [-0.2, 0) is 0 Å². The molecule has 21 heavy (non-hydrogen) atoms. The van der Waals surface area contributed by atoms with Crippen molar-refractivity contribution in [3.05, 3.63) is 58.1 Å². The van der Waals surface area contributed by atoms with Crippen molar-refractivity contribution in [3.63, 3.8) is 0 Å². The Morgan fingerprint density at radius 1 is 1.14 bits per heavy atom. The van der Waals surface area contributed by atoms with Crippen LogP contribution < -0.4 is 15.2 Å². The van der Waals surface area contributed by atoms with Gasteiger partial charge in [-0.15, -0.1) is 0 Å². The van der Waals surface area contributed by atoms with Gasteiger partial charge in [0.05, 0.1) is 19.8 Å². The van der Waals surface area contributed by atoms with Crippen LogP contribution in [0.15, 0.2) is 46.9 Å². The van der Waals surface area contributed by atoms with E-state index in [1.54, 1.807) is 7.11 Å². The summed E-state index contributed by atoms with van der Waals surface area (Å²) in [6, 6.07) is 13.5. The van der Waals surface area contributed by atoms with Gasteiger partial charge in [-0.3, -0.25) is 0 Å². The predicted molar refractivity (Wildman–Crippen MR) is 89.0 cm³/mol. The molecule has 0 aliphatic heterocycles. The summed E-state index contributed by atoms with van der Waals surface area (Å²) in [5, 5.41) is 0. The monoisotopic (exact) mass is 349 g/mol. The van der Waals surface area contributed by atoms with Crippen molar-refractivity contribution in [1.29, 1.82) is 0 Å². The number of ether oxygens (including phenoxy) is 2. The Hall–Kier alpha value is -1.52. The van der Waals surface area contributed by atoms with E-state index in [0.717, 1.165) is 40.1 Å². The van der Waals surface area contributed by atoms with E-state index >= 15 is 0 Å². The van der Waals surface area contributed by atoms with Gasteiger partial charge in [0.25, 0.3) is 0 Å². The average Bonchev–Trinajstić information content (AvgIpc) is 2.52. The van der Waals surface area contributed by atoms with Crippen LogP contribution in [0.5, 0.6) is 11.5 Å². The van der Waals surface area contributed by atoms with Gasteiger partial charge in [-0.05, 0) is 36.2 Å². The predicted octanol–water partition coefficient (Wildman–Crippen LogP) is 4.29. The molecular weight excluding hydrogens is 330 g/mol. The normalized spacial score (nSPS) is 12.0. The molecule has 0 saturated carbocycles. The number of rotatable bonds is 6. The fourth-order valence-corrected chi connectivity index (χ4v) is 2.45. The standard InChI is InChI=1S/C17H20BrNO2/c1-3-10-21-14-7-4-12(5-8-14)17(19)15-9-6-13(18)11-16(15)20-2/h4-9,11,17H,3,10,19H2,1-2H3. The summed E-state index contributed by atoms with van der Waals surface area (Å²) in [5.41, 5.74) is 8.35. The molecule has 1 unspecified atom stereocenters. The molecule has 3 nitrogen and oxygen atoms in total. The summed E-state index contributed by atoms with van der Waals surface area (Å²) in [6.45, 7) is 2.82. The summed E-state index contributed by atoms with van der Waals surface area (Å²) in [6.07, 6.45) is 0.997. The van der Waals surface area contributed by atoms with Crippen LogP contribution in [-0.4, -0.2) is 13.7 Å². The van der Waals surface area contributed by atoms with Gasteiger partial charge in [-0.1, -0.05) is 41.1 Å². The van der Waals surface area contributed by atoms with Crippen molar-refractivity contribution in [2.24, 2.45) is 5.73 Å². The zero-order valence-corrected chi connectivity index (χ0v) is 13.9. The van der Waals surface area contributed by atoms with E-state index in [4.69, 9.17) is 15.2 Å². The van der Waals surface area contributed by atoms with E-state index in [1.807, 2.05) is 42.5 Å². The first-order valence-corrected chi connectivity index (χ1v) is 7.76. The van der Waals surface area contributed by atoms with Crippen LogP contribution in [0.25, 0.3) is 0 Å². The third-order valence-corrected chi connectivity index (χ3v) is 3.74. The summed E-state index contributed by atoms with van der Waals surface area (Å²) in [4.78, 5) is 0. The number of halogens is 1. The van der Waals surface area contributed by atoms with Crippen LogP contribution >= 0.6 is 15.9 Å². The van der Waals surface area contributed by atoms with Gasteiger partial charge < -0.3 is 15.2 Å². The summed E-state index contributed by atoms with van der Waals surface area (Å²) in [7, 11) is 1.65. The highest BCUT2D eigenvalue weighted by Gasteiger charge is 2.14. The van der Waals surface area contributed by atoms with Crippen molar-refractivity contribution in [1.82, 2.24) is 0 Å². The molecule has 0 spiro atoms. The maximum atomic E-state index is 6.36. The van der Waals surface area contributed by atoms with E-state index in [0.29, 0.717) is 0 Å². The fourth-order valence-electron chi connectivity index (χ4n) is 2.11.